The third kappa shape index (κ3) is 8.08. The van der Waals surface area contributed by atoms with Crippen LogP contribution in [0.1, 0.15) is 68.7 Å². The SMILES string of the molecule is CCC[C@@H](CCO[Si](c1ccccc1)(c1ccccc1)C(C)(C)C)Nc1nc(NC(=O)OC)nc2c(C)nn(Cc3ncc(C(=O)O)cc3OC)c12. The van der Waals surface area contributed by atoms with E-state index in [2.05, 4.69) is 96.8 Å². The summed E-state index contributed by atoms with van der Waals surface area (Å²) in [5.74, 6) is -0.277. The number of benzene rings is 2. The summed E-state index contributed by atoms with van der Waals surface area (Å²) in [7, 11) is -0.0249. The number of pyridine rings is 1. The molecule has 13 nitrogen and oxygen atoms in total. The predicted molar refractivity (Wildman–Crippen MR) is 203 cm³/mol. The van der Waals surface area contributed by atoms with E-state index in [0.29, 0.717) is 47.0 Å². The molecule has 0 unspecified atom stereocenters. The van der Waals surface area contributed by atoms with Crippen molar-refractivity contribution in [1.29, 1.82) is 0 Å². The van der Waals surface area contributed by atoms with E-state index in [4.69, 9.17) is 24.0 Å². The molecular formula is C38H47N7O6Si. The van der Waals surface area contributed by atoms with Gasteiger partial charge in [0.2, 0.25) is 5.95 Å². The van der Waals surface area contributed by atoms with E-state index in [1.165, 1.54) is 36.9 Å². The van der Waals surface area contributed by atoms with Crippen molar-refractivity contribution in [1.82, 2.24) is 24.7 Å². The first-order valence-corrected chi connectivity index (χ1v) is 19.2. The molecule has 52 heavy (non-hydrogen) atoms. The molecule has 3 aromatic heterocycles. The van der Waals surface area contributed by atoms with Gasteiger partial charge in [-0.05, 0) is 41.2 Å². The number of aryl methyl sites for hydroxylation is 1. The number of carboxylic acids is 1. The minimum absolute atomic E-state index is 0.00835. The van der Waals surface area contributed by atoms with Crippen molar-refractivity contribution in [3.8, 4) is 5.75 Å². The summed E-state index contributed by atoms with van der Waals surface area (Å²) in [6.07, 6.45) is 2.97. The van der Waals surface area contributed by atoms with Crippen molar-refractivity contribution in [3.05, 3.63) is 89.9 Å². The van der Waals surface area contributed by atoms with Gasteiger partial charge in [0.05, 0.1) is 32.0 Å². The molecule has 0 aliphatic carbocycles. The smallest absolute Gasteiger partial charge is 0.413 e. The first-order chi connectivity index (χ1) is 24.9. The van der Waals surface area contributed by atoms with Crippen LogP contribution in [-0.2, 0) is 15.7 Å². The van der Waals surface area contributed by atoms with Gasteiger partial charge in [-0.3, -0.25) is 15.0 Å². The van der Waals surface area contributed by atoms with Gasteiger partial charge in [0, 0.05) is 18.8 Å². The Labute approximate surface area is 304 Å². The van der Waals surface area contributed by atoms with Crippen LogP contribution in [0.2, 0.25) is 5.04 Å². The molecule has 0 aliphatic rings. The molecule has 1 amide bonds. The molecule has 0 saturated heterocycles. The van der Waals surface area contributed by atoms with E-state index < -0.39 is 20.4 Å². The van der Waals surface area contributed by atoms with Crippen LogP contribution in [0.4, 0.5) is 16.6 Å². The van der Waals surface area contributed by atoms with E-state index in [0.717, 1.165) is 12.8 Å². The Bertz CT molecular complexity index is 1960. The fourth-order valence-corrected chi connectivity index (χ4v) is 11.2. The van der Waals surface area contributed by atoms with E-state index in [1.54, 1.807) is 4.68 Å². The first kappa shape index (κ1) is 37.9. The number of rotatable bonds is 15. The number of ether oxygens (including phenoxy) is 2. The number of carbonyl (C=O) groups excluding carboxylic acids is 1. The van der Waals surface area contributed by atoms with Gasteiger partial charge in [0.1, 0.15) is 22.5 Å². The standard InChI is InChI=1S/C38H47N7O6Si/c1-8-15-27(20-21-51-52(38(3,4)5,28-16-11-9-12-17-28)29-18-13-10-14-19-29)40-34-33-32(41-36(42-34)43-37(48)50-7)25(2)44-45(33)24-30-31(49-6)22-26(23-39-30)35(46)47/h9-14,16-19,22-23,27H,8,15,20-21,24H2,1-7H3,(H,46,47)(H2,40,41,42,43,48)/t27-/m0/s1. The summed E-state index contributed by atoms with van der Waals surface area (Å²) in [6.45, 7) is 11.4. The third-order valence-electron chi connectivity index (χ3n) is 9.03. The van der Waals surface area contributed by atoms with Crippen LogP contribution in [0, 0.1) is 6.92 Å². The van der Waals surface area contributed by atoms with Crippen LogP contribution >= 0.6 is 0 Å². The zero-order valence-electron chi connectivity index (χ0n) is 30.8. The molecule has 1 atom stereocenters. The van der Waals surface area contributed by atoms with E-state index in [1.807, 2.05) is 19.1 Å². The molecule has 5 rings (SSSR count). The highest BCUT2D eigenvalue weighted by Crippen LogP contribution is 2.37. The summed E-state index contributed by atoms with van der Waals surface area (Å²) < 4.78 is 19.3. The molecule has 5 aromatic rings. The Hall–Kier alpha value is -5.34. The molecule has 0 bridgehead atoms. The molecular weight excluding hydrogens is 679 g/mol. The van der Waals surface area contributed by atoms with Gasteiger partial charge >= 0.3 is 12.1 Å². The van der Waals surface area contributed by atoms with Crippen molar-refractivity contribution >= 4 is 53.6 Å². The molecule has 0 saturated carbocycles. The Kier molecular flexibility index (Phi) is 11.9. The highest BCUT2D eigenvalue weighted by molar-refractivity contribution is 6.99. The zero-order chi connectivity index (χ0) is 37.5. The Morgan fingerprint density at radius 1 is 0.981 bits per heavy atom. The summed E-state index contributed by atoms with van der Waals surface area (Å²) in [5, 5.41) is 22.7. The second-order valence-corrected chi connectivity index (χ2v) is 17.9. The number of carboxylic acid groups (broad SMARTS) is 1. The number of carbonyl (C=O) groups is 2. The van der Waals surface area contributed by atoms with Crippen LogP contribution in [0.3, 0.4) is 0 Å². The predicted octanol–water partition coefficient (Wildman–Crippen LogP) is 6.01. The first-order valence-electron chi connectivity index (χ1n) is 17.3. The second-order valence-electron chi connectivity index (χ2n) is 13.6. The number of fused-ring (bicyclic) bond motifs is 1. The van der Waals surface area contributed by atoms with Gasteiger partial charge in [0.25, 0.3) is 8.32 Å². The number of hydrogen-bond donors (Lipinski definition) is 3. The topological polar surface area (TPSA) is 163 Å². The lowest BCUT2D eigenvalue weighted by Gasteiger charge is -2.43. The number of nitrogens with zero attached hydrogens (tertiary/aromatic N) is 5. The molecule has 2 aromatic carbocycles. The maximum atomic E-state index is 12.2. The normalized spacial score (nSPS) is 12.4. The number of nitrogens with one attached hydrogen (secondary N) is 2. The summed E-state index contributed by atoms with van der Waals surface area (Å²) >= 11 is 0. The number of anilines is 2. The number of methoxy groups -OCH3 is 2. The van der Waals surface area contributed by atoms with Gasteiger partial charge in [-0.25, -0.2) is 14.6 Å². The number of aromatic nitrogens is 5. The van der Waals surface area contributed by atoms with E-state index in [9.17, 15) is 14.7 Å². The maximum Gasteiger partial charge on any atom is 0.413 e. The molecule has 0 radical (unpaired) electrons. The van der Waals surface area contributed by atoms with Gasteiger partial charge in [0.15, 0.2) is 5.82 Å². The minimum Gasteiger partial charge on any atom is -0.495 e. The van der Waals surface area contributed by atoms with Gasteiger partial charge in [-0.15, -0.1) is 0 Å². The number of amides is 1. The maximum absolute atomic E-state index is 12.2. The van der Waals surface area contributed by atoms with E-state index in [-0.39, 0.29) is 29.1 Å². The van der Waals surface area contributed by atoms with E-state index >= 15 is 0 Å². The van der Waals surface area contributed by atoms with Crippen LogP contribution in [0.5, 0.6) is 5.75 Å². The van der Waals surface area contributed by atoms with Gasteiger partial charge in [-0.2, -0.15) is 10.1 Å². The zero-order valence-corrected chi connectivity index (χ0v) is 31.8. The molecule has 0 fully saturated rings. The second kappa shape index (κ2) is 16.3. The molecule has 0 aliphatic heterocycles. The monoisotopic (exact) mass is 725 g/mol. The lowest BCUT2D eigenvalue weighted by atomic mass is 10.1. The quantitative estimate of drug-likeness (QED) is 0.108. The van der Waals surface area contributed by atoms with Crippen LogP contribution in [0.15, 0.2) is 72.9 Å². The molecule has 3 N–H and O–H groups in total. The van der Waals surface area contributed by atoms with Gasteiger partial charge in [-0.1, -0.05) is 94.8 Å². The summed E-state index contributed by atoms with van der Waals surface area (Å²) in [4.78, 5) is 37.6. The highest BCUT2D eigenvalue weighted by Gasteiger charge is 2.50. The van der Waals surface area contributed by atoms with Crippen molar-refractivity contribution in [2.45, 2.75) is 71.5 Å². The number of hydrogen-bond acceptors (Lipinski definition) is 10. The summed E-state index contributed by atoms with van der Waals surface area (Å²) in [6, 6.07) is 22.5. The Morgan fingerprint density at radius 2 is 1.63 bits per heavy atom. The largest absolute Gasteiger partial charge is 0.495 e. The average Bonchev–Trinajstić information content (AvgIpc) is 3.44. The average molecular weight is 726 g/mol. The van der Waals surface area contributed by atoms with Crippen molar-refractivity contribution in [2.75, 3.05) is 31.5 Å². The Balaban J connectivity index is 1.52. The van der Waals surface area contributed by atoms with Crippen LogP contribution < -0.4 is 25.7 Å². The molecule has 0 spiro atoms. The highest BCUT2D eigenvalue weighted by atomic mass is 28.4. The molecule has 3 heterocycles. The third-order valence-corrected chi connectivity index (χ3v) is 14.1. The lowest BCUT2D eigenvalue weighted by Crippen LogP contribution is -2.66. The van der Waals surface area contributed by atoms with Crippen molar-refractivity contribution < 1.29 is 28.6 Å². The van der Waals surface area contributed by atoms with Crippen molar-refractivity contribution in [3.63, 3.8) is 0 Å². The van der Waals surface area contributed by atoms with Crippen LogP contribution in [0.25, 0.3) is 11.0 Å². The van der Waals surface area contributed by atoms with Crippen LogP contribution in [-0.4, -0.2) is 77.1 Å². The summed E-state index contributed by atoms with van der Waals surface area (Å²) in [5.41, 5.74) is 2.19. The molecule has 274 valence electrons. The number of aromatic carboxylic acids is 1. The van der Waals surface area contributed by atoms with Crippen molar-refractivity contribution in [2.24, 2.45) is 0 Å². The fraction of sp³-hybridized carbons (Fsp3) is 0.368. The fourth-order valence-electron chi connectivity index (χ4n) is 6.62. The minimum atomic E-state index is -2.76. The Morgan fingerprint density at radius 3 is 2.19 bits per heavy atom. The molecule has 14 heteroatoms. The van der Waals surface area contributed by atoms with Gasteiger partial charge < -0.3 is 24.3 Å². The lowest BCUT2D eigenvalue weighted by molar-refractivity contribution is 0.0696.